The lowest BCUT2D eigenvalue weighted by Crippen LogP contribution is -2.31. The Hall–Kier alpha value is -0.120. The van der Waals surface area contributed by atoms with Gasteiger partial charge in [-0.15, -0.1) is 0 Å². The van der Waals surface area contributed by atoms with Crippen molar-refractivity contribution in [1.29, 1.82) is 0 Å². The van der Waals surface area contributed by atoms with Crippen molar-refractivity contribution in [3.05, 3.63) is 0 Å². The predicted octanol–water partition coefficient (Wildman–Crippen LogP) is 0.954. The van der Waals surface area contributed by atoms with E-state index in [-0.39, 0.29) is 0 Å². The van der Waals surface area contributed by atoms with Crippen molar-refractivity contribution in [3.63, 3.8) is 0 Å². The molecule has 1 aliphatic rings. The fourth-order valence-corrected chi connectivity index (χ4v) is 1.49. The van der Waals surface area contributed by atoms with Gasteiger partial charge >= 0.3 is 0 Å². The molecule has 0 aromatic heterocycles. The Bertz CT molecular complexity index is 137. The third kappa shape index (κ3) is 6.35. The lowest BCUT2D eigenvalue weighted by Gasteiger charge is -2.16. The van der Waals surface area contributed by atoms with Crippen LogP contribution in [0.4, 0.5) is 0 Å². The number of nitrogens with one attached hydrogen (secondary N) is 1. The highest BCUT2D eigenvalue weighted by Gasteiger charge is 2.19. The molecule has 1 saturated carbocycles. The minimum Gasteiger partial charge on any atom is -0.385 e. The molecule has 0 amide bonds. The van der Waals surface area contributed by atoms with E-state index in [1.165, 1.54) is 19.4 Å². The van der Waals surface area contributed by atoms with E-state index in [0.717, 1.165) is 38.6 Å². The topological polar surface area (TPSA) is 24.5 Å². The maximum Gasteiger partial charge on any atom is 0.0474 e. The van der Waals surface area contributed by atoms with E-state index in [2.05, 4.69) is 17.3 Å². The predicted molar refractivity (Wildman–Crippen MR) is 59.6 cm³/mol. The molecule has 0 aromatic rings. The van der Waals surface area contributed by atoms with E-state index >= 15 is 0 Å². The fourth-order valence-electron chi connectivity index (χ4n) is 1.49. The van der Waals surface area contributed by atoms with Crippen LogP contribution in [-0.4, -0.2) is 51.8 Å². The van der Waals surface area contributed by atoms with Gasteiger partial charge in [-0.3, -0.25) is 0 Å². The number of likely N-dealkylation sites (N-methyl/N-ethyl adjacent to an activating group) is 1. The first kappa shape index (κ1) is 12.0. The molecule has 14 heavy (non-hydrogen) atoms. The Morgan fingerprint density at radius 3 is 2.79 bits per heavy atom. The first-order valence-electron chi connectivity index (χ1n) is 5.71. The zero-order chi connectivity index (χ0) is 10.2. The monoisotopic (exact) mass is 200 g/mol. The molecule has 0 spiro atoms. The minimum atomic E-state index is 0.875. The van der Waals surface area contributed by atoms with E-state index in [1.54, 1.807) is 7.11 Å². The quantitative estimate of drug-likeness (QED) is 0.561. The summed E-state index contributed by atoms with van der Waals surface area (Å²) < 4.78 is 5.02. The average Bonchev–Trinajstić information content (AvgIpc) is 2.97. The van der Waals surface area contributed by atoms with Crippen LogP contribution in [0.5, 0.6) is 0 Å². The Kier molecular flexibility index (Phi) is 6.15. The summed E-state index contributed by atoms with van der Waals surface area (Å²) in [6, 6.07) is 0. The Morgan fingerprint density at radius 2 is 2.14 bits per heavy atom. The summed E-state index contributed by atoms with van der Waals surface area (Å²) in [6.07, 6.45) is 4.02. The number of rotatable bonds is 9. The highest BCUT2D eigenvalue weighted by molar-refractivity contribution is 4.75. The summed E-state index contributed by atoms with van der Waals surface area (Å²) in [7, 11) is 3.94. The fraction of sp³-hybridized carbons (Fsp3) is 1.00. The first-order valence-corrected chi connectivity index (χ1v) is 5.71. The SMILES string of the molecule is COCCCN(C)CCNCC1CC1. The highest BCUT2D eigenvalue weighted by atomic mass is 16.5. The van der Waals surface area contributed by atoms with E-state index in [9.17, 15) is 0 Å². The van der Waals surface area contributed by atoms with Gasteiger partial charge < -0.3 is 15.0 Å². The summed E-state index contributed by atoms with van der Waals surface area (Å²) in [6.45, 7) is 5.51. The minimum absolute atomic E-state index is 0.875. The largest absolute Gasteiger partial charge is 0.385 e. The molecule has 1 aliphatic carbocycles. The van der Waals surface area contributed by atoms with Gasteiger partial charge in [0.25, 0.3) is 0 Å². The van der Waals surface area contributed by atoms with Crippen LogP contribution in [0, 0.1) is 5.92 Å². The third-order valence-electron chi connectivity index (χ3n) is 2.69. The van der Waals surface area contributed by atoms with Crippen LogP contribution in [0.3, 0.4) is 0 Å². The Morgan fingerprint density at radius 1 is 1.36 bits per heavy atom. The van der Waals surface area contributed by atoms with Crippen LogP contribution in [-0.2, 0) is 4.74 Å². The molecular formula is C11H24N2O. The van der Waals surface area contributed by atoms with Crippen LogP contribution in [0.1, 0.15) is 19.3 Å². The van der Waals surface area contributed by atoms with E-state index in [4.69, 9.17) is 4.74 Å². The second-order valence-electron chi connectivity index (χ2n) is 4.30. The zero-order valence-electron chi connectivity index (χ0n) is 9.59. The van der Waals surface area contributed by atoms with Gasteiger partial charge in [0.15, 0.2) is 0 Å². The molecule has 1 N–H and O–H groups in total. The Labute approximate surface area is 87.8 Å². The molecule has 0 bridgehead atoms. The second kappa shape index (κ2) is 7.21. The Balaban J connectivity index is 1.78. The maximum atomic E-state index is 5.02. The van der Waals surface area contributed by atoms with Gasteiger partial charge in [0.2, 0.25) is 0 Å². The van der Waals surface area contributed by atoms with Gasteiger partial charge in [-0.1, -0.05) is 0 Å². The smallest absolute Gasteiger partial charge is 0.0474 e. The van der Waals surface area contributed by atoms with Gasteiger partial charge in [0.05, 0.1) is 0 Å². The molecule has 0 heterocycles. The van der Waals surface area contributed by atoms with Gasteiger partial charge in [0, 0.05) is 33.4 Å². The van der Waals surface area contributed by atoms with Crippen molar-refractivity contribution in [2.45, 2.75) is 19.3 Å². The molecule has 1 rings (SSSR count). The maximum absolute atomic E-state index is 5.02. The van der Waals surface area contributed by atoms with E-state index in [1.807, 2.05) is 0 Å². The molecule has 3 nitrogen and oxygen atoms in total. The number of hydrogen-bond donors (Lipinski definition) is 1. The van der Waals surface area contributed by atoms with Crippen LogP contribution < -0.4 is 5.32 Å². The van der Waals surface area contributed by atoms with Crippen LogP contribution in [0.2, 0.25) is 0 Å². The molecule has 1 fully saturated rings. The standard InChI is InChI=1S/C11H24N2O/c1-13(7-3-9-14-2)8-6-12-10-11-4-5-11/h11-12H,3-10H2,1-2H3. The van der Waals surface area contributed by atoms with Crippen molar-refractivity contribution in [2.24, 2.45) is 5.92 Å². The summed E-state index contributed by atoms with van der Waals surface area (Å²) in [5.41, 5.74) is 0. The summed E-state index contributed by atoms with van der Waals surface area (Å²) in [5.74, 6) is 0.994. The normalized spacial score (nSPS) is 16.5. The molecule has 3 heteroatoms. The number of ether oxygens (including phenoxy) is 1. The third-order valence-corrected chi connectivity index (χ3v) is 2.69. The van der Waals surface area contributed by atoms with Crippen LogP contribution in [0.15, 0.2) is 0 Å². The van der Waals surface area contributed by atoms with E-state index < -0.39 is 0 Å². The lowest BCUT2D eigenvalue weighted by atomic mass is 10.4. The van der Waals surface area contributed by atoms with Crippen molar-refractivity contribution >= 4 is 0 Å². The van der Waals surface area contributed by atoms with E-state index in [0.29, 0.717) is 0 Å². The van der Waals surface area contributed by atoms with Gasteiger partial charge in [-0.2, -0.15) is 0 Å². The molecule has 84 valence electrons. The lowest BCUT2D eigenvalue weighted by molar-refractivity contribution is 0.179. The van der Waals surface area contributed by atoms with Gasteiger partial charge in [0.1, 0.15) is 0 Å². The molecule has 0 radical (unpaired) electrons. The van der Waals surface area contributed by atoms with Crippen LogP contribution >= 0.6 is 0 Å². The first-order chi connectivity index (χ1) is 6.83. The summed E-state index contributed by atoms with van der Waals surface area (Å²) >= 11 is 0. The van der Waals surface area contributed by atoms with Gasteiger partial charge in [-0.25, -0.2) is 0 Å². The van der Waals surface area contributed by atoms with Gasteiger partial charge in [-0.05, 0) is 38.8 Å². The second-order valence-corrected chi connectivity index (χ2v) is 4.30. The van der Waals surface area contributed by atoms with Crippen LogP contribution in [0.25, 0.3) is 0 Å². The summed E-state index contributed by atoms with van der Waals surface area (Å²) in [4.78, 5) is 2.36. The molecule has 0 atom stereocenters. The molecule has 0 aliphatic heterocycles. The molecular weight excluding hydrogens is 176 g/mol. The summed E-state index contributed by atoms with van der Waals surface area (Å²) in [5, 5.41) is 3.50. The molecule has 0 unspecified atom stereocenters. The van der Waals surface area contributed by atoms with Crippen molar-refractivity contribution in [2.75, 3.05) is 46.9 Å². The molecule has 0 aromatic carbocycles. The number of nitrogens with zero attached hydrogens (tertiary/aromatic N) is 1. The number of hydrogen-bond acceptors (Lipinski definition) is 3. The average molecular weight is 200 g/mol. The van der Waals surface area contributed by atoms with Crippen molar-refractivity contribution in [1.82, 2.24) is 10.2 Å². The molecule has 0 saturated heterocycles. The van der Waals surface area contributed by atoms with Crippen molar-refractivity contribution in [3.8, 4) is 0 Å². The van der Waals surface area contributed by atoms with Crippen molar-refractivity contribution < 1.29 is 4.74 Å². The number of methoxy groups -OCH3 is 1. The zero-order valence-corrected chi connectivity index (χ0v) is 9.59. The highest BCUT2D eigenvalue weighted by Crippen LogP contribution is 2.27.